The normalized spacial score (nSPS) is 16.8. The van der Waals surface area contributed by atoms with E-state index in [0.717, 1.165) is 39.0 Å². The lowest BCUT2D eigenvalue weighted by atomic mass is 10.2. The van der Waals surface area contributed by atoms with Crippen molar-refractivity contribution in [3.8, 4) is 5.69 Å². The first-order valence-corrected chi connectivity index (χ1v) is 8.52. The molecule has 23 heavy (non-hydrogen) atoms. The van der Waals surface area contributed by atoms with Gasteiger partial charge in [0.2, 0.25) is 0 Å². The lowest BCUT2D eigenvalue weighted by Gasteiger charge is -2.12. The lowest BCUT2D eigenvalue weighted by Crippen LogP contribution is -2.07. The minimum absolute atomic E-state index is 0.286. The molecule has 118 valence electrons. The van der Waals surface area contributed by atoms with Gasteiger partial charge >= 0.3 is 0 Å². The summed E-state index contributed by atoms with van der Waals surface area (Å²) in [5.41, 5.74) is 4.17. The number of rotatable bonds is 2. The Morgan fingerprint density at radius 1 is 1.22 bits per heavy atom. The third-order valence-electron chi connectivity index (χ3n) is 3.93. The molecule has 0 radical (unpaired) electrons. The van der Waals surface area contributed by atoms with Crippen molar-refractivity contribution in [1.29, 1.82) is 0 Å². The van der Waals surface area contributed by atoms with Crippen molar-refractivity contribution in [3.63, 3.8) is 0 Å². The minimum Gasteiger partial charge on any atom is -0.364 e. The molecule has 0 spiro atoms. The summed E-state index contributed by atoms with van der Waals surface area (Å²) in [6.07, 6.45) is 0. The van der Waals surface area contributed by atoms with Crippen molar-refractivity contribution in [2.45, 2.75) is 37.1 Å². The average molecular weight is 326 g/mol. The van der Waals surface area contributed by atoms with Crippen molar-refractivity contribution < 1.29 is 5.11 Å². The highest BCUT2D eigenvalue weighted by Crippen LogP contribution is 2.39. The second-order valence-electron chi connectivity index (χ2n) is 6.05. The zero-order valence-electron chi connectivity index (χ0n) is 13.2. The van der Waals surface area contributed by atoms with E-state index in [0.29, 0.717) is 0 Å². The quantitative estimate of drug-likeness (QED) is 0.753. The SMILES string of the molecule is Cc1ccc2nc(C(C)C)n(-c3ccc4c(c3)SC(O)N4)c2n1. The molecule has 3 aromatic rings. The summed E-state index contributed by atoms with van der Waals surface area (Å²) in [7, 11) is 0. The van der Waals surface area contributed by atoms with E-state index in [1.54, 1.807) is 0 Å². The summed E-state index contributed by atoms with van der Waals surface area (Å²) in [4.78, 5) is 10.5. The van der Waals surface area contributed by atoms with Crippen LogP contribution in [0.1, 0.15) is 31.3 Å². The van der Waals surface area contributed by atoms with E-state index < -0.39 is 5.56 Å². The van der Waals surface area contributed by atoms with Crippen LogP contribution in [-0.2, 0) is 0 Å². The van der Waals surface area contributed by atoms with Gasteiger partial charge < -0.3 is 10.4 Å². The number of aliphatic hydroxyl groups excluding tert-OH is 1. The van der Waals surface area contributed by atoms with Crippen molar-refractivity contribution in [3.05, 3.63) is 41.9 Å². The molecule has 1 aliphatic rings. The van der Waals surface area contributed by atoms with E-state index in [1.807, 2.05) is 31.2 Å². The minimum atomic E-state index is -0.579. The maximum atomic E-state index is 9.74. The van der Waals surface area contributed by atoms with Gasteiger partial charge in [-0.2, -0.15) is 0 Å². The Hall–Kier alpha value is -2.05. The Balaban J connectivity index is 1.96. The van der Waals surface area contributed by atoms with Crippen LogP contribution in [-0.4, -0.2) is 25.2 Å². The summed E-state index contributed by atoms with van der Waals surface area (Å²) >= 11 is 1.42. The molecule has 5 nitrogen and oxygen atoms in total. The Morgan fingerprint density at radius 2 is 2.04 bits per heavy atom. The molecule has 2 aromatic heterocycles. The number of aliphatic hydroxyl groups is 1. The lowest BCUT2D eigenvalue weighted by molar-refractivity contribution is 0.294. The molecule has 2 N–H and O–H groups in total. The van der Waals surface area contributed by atoms with Gasteiger partial charge in [-0.1, -0.05) is 25.6 Å². The Morgan fingerprint density at radius 3 is 2.83 bits per heavy atom. The van der Waals surface area contributed by atoms with Gasteiger partial charge in [-0.25, -0.2) is 9.97 Å². The second kappa shape index (κ2) is 5.25. The van der Waals surface area contributed by atoms with Crippen LogP contribution in [0.25, 0.3) is 16.9 Å². The van der Waals surface area contributed by atoms with Crippen molar-refractivity contribution >= 4 is 28.6 Å². The van der Waals surface area contributed by atoms with E-state index in [2.05, 4.69) is 29.8 Å². The summed E-state index contributed by atoms with van der Waals surface area (Å²) in [5, 5.41) is 12.8. The zero-order valence-corrected chi connectivity index (χ0v) is 14.1. The Kier molecular flexibility index (Phi) is 3.32. The van der Waals surface area contributed by atoms with Crippen molar-refractivity contribution in [1.82, 2.24) is 14.5 Å². The number of pyridine rings is 1. The fourth-order valence-electron chi connectivity index (χ4n) is 2.86. The number of aromatic nitrogens is 3. The number of anilines is 1. The van der Waals surface area contributed by atoms with Gasteiger partial charge in [-0.3, -0.25) is 4.57 Å². The number of nitrogens with zero attached hydrogens (tertiary/aromatic N) is 3. The summed E-state index contributed by atoms with van der Waals surface area (Å²) in [6.45, 7) is 6.26. The highest BCUT2D eigenvalue weighted by molar-refractivity contribution is 8.00. The van der Waals surface area contributed by atoms with E-state index in [1.165, 1.54) is 11.8 Å². The molecule has 0 amide bonds. The van der Waals surface area contributed by atoms with Crippen molar-refractivity contribution in [2.24, 2.45) is 0 Å². The standard InChI is InChI=1S/C17H18N4OS/c1-9(2)15-19-13-6-4-10(3)18-16(13)21(15)11-5-7-12-14(8-11)23-17(22)20-12/h4-9,17,20,22H,1-3H3. The zero-order chi connectivity index (χ0) is 16.1. The van der Waals surface area contributed by atoms with Gasteiger partial charge in [0.25, 0.3) is 0 Å². The smallest absolute Gasteiger partial charge is 0.178 e. The molecule has 0 bridgehead atoms. The number of nitrogens with one attached hydrogen (secondary N) is 1. The van der Waals surface area contributed by atoms with Crippen LogP contribution in [0, 0.1) is 6.92 Å². The van der Waals surface area contributed by atoms with Crippen LogP contribution in [0.3, 0.4) is 0 Å². The molecule has 1 unspecified atom stereocenters. The van der Waals surface area contributed by atoms with E-state index in [4.69, 9.17) is 9.97 Å². The molecule has 0 aliphatic carbocycles. The predicted octanol–water partition coefficient (Wildman–Crippen LogP) is 3.65. The van der Waals surface area contributed by atoms with Crippen molar-refractivity contribution in [2.75, 3.05) is 5.32 Å². The third-order valence-corrected chi connectivity index (χ3v) is 4.86. The van der Waals surface area contributed by atoms with Gasteiger partial charge in [-0.05, 0) is 37.3 Å². The molecule has 3 heterocycles. The molecule has 4 rings (SSSR count). The molecular weight excluding hydrogens is 308 g/mol. The van der Waals surface area contributed by atoms with E-state index in [-0.39, 0.29) is 5.92 Å². The van der Waals surface area contributed by atoms with Gasteiger partial charge in [0.15, 0.2) is 11.2 Å². The van der Waals surface area contributed by atoms with Gasteiger partial charge in [0.05, 0.1) is 11.4 Å². The van der Waals surface area contributed by atoms with Gasteiger partial charge in [0, 0.05) is 16.5 Å². The first-order valence-electron chi connectivity index (χ1n) is 7.64. The highest BCUT2D eigenvalue weighted by atomic mass is 32.2. The topological polar surface area (TPSA) is 63.0 Å². The number of thioether (sulfide) groups is 1. The number of hydrogen-bond acceptors (Lipinski definition) is 5. The fourth-order valence-corrected chi connectivity index (χ4v) is 3.73. The van der Waals surface area contributed by atoms with E-state index in [9.17, 15) is 5.11 Å². The largest absolute Gasteiger partial charge is 0.364 e. The average Bonchev–Trinajstić information content (AvgIpc) is 3.05. The van der Waals surface area contributed by atoms with Gasteiger partial charge in [-0.15, -0.1) is 0 Å². The Labute approximate surface area is 138 Å². The predicted molar refractivity (Wildman–Crippen MR) is 93.2 cm³/mol. The molecule has 6 heteroatoms. The molecule has 1 aliphatic heterocycles. The highest BCUT2D eigenvalue weighted by Gasteiger charge is 2.22. The number of aryl methyl sites for hydroxylation is 1. The van der Waals surface area contributed by atoms with Crippen LogP contribution >= 0.6 is 11.8 Å². The Bertz CT molecular complexity index is 903. The van der Waals surface area contributed by atoms with Gasteiger partial charge in [0.1, 0.15) is 11.3 Å². The monoisotopic (exact) mass is 326 g/mol. The van der Waals surface area contributed by atoms with Crippen LogP contribution < -0.4 is 5.32 Å². The fraction of sp³-hybridized carbons (Fsp3) is 0.294. The maximum absolute atomic E-state index is 9.74. The number of imidazole rings is 1. The van der Waals surface area contributed by atoms with E-state index >= 15 is 0 Å². The first-order chi connectivity index (χ1) is 11.0. The summed E-state index contributed by atoms with van der Waals surface area (Å²) in [6, 6.07) is 10.1. The third kappa shape index (κ3) is 2.38. The molecule has 1 atom stereocenters. The number of benzene rings is 1. The molecule has 0 fully saturated rings. The van der Waals surface area contributed by atoms with Crippen LogP contribution in [0.15, 0.2) is 35.2 Å². The first kappa shape index (κ1) is 14.5. The molecule has 0 saturated carbocycles. The summed E-state index contributed by atoms with van der Waals surface area (Å²) < 4.78 is 2.12. The van der Waals surface area contributed by atoms with Crippen LogP contribution in [0.4, 0.5) is 5.69 Å². The molecule has 1 aromatic carbocycles. The summed E-state index contributed by atoms with van der Waals surface area (Å²) in [5.74, 6) is 1.28. The maximum Gasteiger partial charge on any atom is 0.178 e. The van der Waals surface area contributed by atoms with Crippen LogP contribution in [0.2, 0.25) is 0 Å². The molecule has 0 saturated heterocycles. The second-order valence-corrected chi connectivity index (χ2v) is 7.17. The number of fused-ring (bicyclic) bond motifs is 2. The molecular formula is C17H18N4OS. The van der Waals surface area contributed by atoms with Crippen LogP contribution in [0.5, 0.6) is 0 Å². The number of hydrogen-bond donors (Lipinski definition) is 2.